The maximum atomic E-state index is 13.1. The number of hydrogen-bond donors (Lipinski definition) is 0. The summed E-state index contributed by atoms with van der Waals surface area (Å²) in [6.07, 6.45) is -5.23. The molecule has 1 fully saturated rings. The van der Waals surface area contributed by atoms with E-state index in [1.165, 1.54) is 23.1 Å². The molecule has 1 aliphatic rings. The molecule has 0 aliphatic carbocycles. The van der Waals surface area contributed by atoms with Crippen LogP contribution in [-0.4, -0.2) is 43.7 Å². The fourth-order valence-electron chi connectivity index (χ4n) is 2.38. The molecule has 1 atom stereocenters. The van der Waals surface area contributed by atoms with Gasteiger partial charge in [0, 0.05) is 13.2 Å². The van der Waals surface area contributed by atoms with Crippen molar-refractivity contribution in [1.29, 1.82) is 0 Å². The lowest BCUT2D eigenvalue weighted by molar-refractivity contribution is -0.146. The molecular formula is C15H18F3NO3. The number of ether oxygens (including phenoxy) is 2. The van der Waals surface area contributed by atoms with Gasteiger partial charge in [0.05, 0.1) is 18.7 Å². The van der Waals surface area contributed by atoms with Gasteiger partial charge >= 0.3 is 6.18 Å². The molecule has 0 spiro atoms. The first-order valence-corrected chi connectivity index (χ1v) is 7.06. The predicted molar refractivity (Wildman–Crippen MR) is 73.2 cm³/mol. The normalized spacial score (nSPS) is 19.3. The van der Waals surface area contributed by atoms with Crippen molar-refractivity contribution in [2.75, 3.05) is 32.9 Å². The minimum absolute atomic E-state index is 0.0592. The molecule has 4 nitrogen and oxygen atoms in total. The van der Waals surface area contributed by atoms with Crippen molar-refractivity contribution in [2.24, 2.45) is 0 Å². The predicted octanol–water partition coefficient (Wildman–Crippen LogP) is 2.64. The second kappa shape index (κ2) is 7.11. The molecule has 1 aromatic carbocycles. The first-order valence-electron chi connectivity index (χ1n) is 7.06. The van der Waals surface area contributed by atoms with Crippen LogP contribution in [0.1, 0.15) is 24.2 Å². The number of alkyl halides is 3. The Morgan fingerprint density at radius 1 is 1.41 bits per heavy atom. The van der Waals surface area contributed by atoms with E-state index < -0.39 is 17.8 Å². The quantitative estimate of drug-likeness (QED) is 0.857. The largest absolute Gasteiger partial charge is 0.416 e. The van der Waals surface area contributed by atoms with Crippen LogP contribution in [0.4, 0.5) is 13.2 Å². The number of halogens is 3. The summed E-state index contributed by atoms with van der Waals surface area (Å²) in [7, 11) is 0. The lowest BCUT2D eigenvalue weighted by atomic mass is 10.0. The van der Waals surface area contributed by atoms with E-state index in [9.17, 15) is 18.0 Å². The Bertz CT molecular complexity index is 519. The SMILES string of the molecule is CCOCC(=O)N1CCO[C@@H](c2ccccc2C(F)(F)F)C1. The Kier molecular flexibility index (Phi) is 5.42. The minimum atomic E-state index is -4.45. The maximum absolute atomic E-state index is 13.1. The highest BCUT2D eigenvalue weighted by molar-refractivity contribution is 5.77. The molecule has 0 bridgehead atoms. The Labute approximate surface area is 126 Å². The van der Waals surface area contributed by atoms with Crippen LogP contribution < -0.4 is 0 Å². The second-order valence-corrected chi connectivity index (χ2v) is 4.92. The second-order valence-electron chi connectivity index (χ2n) is 4.92. The van der Waals surface area contributed by atoms with E-state index in [4.69, 9.17) is 9.47 Å². The van der Waals surface area contributed by atoms with E-state index >= 15 is 0 Å². The van der Waals surface area contributed by atoms with Crippen LogP contribution in [-0.2, 0) is 20.4 Å². The topological polar surface area (TPSA) is 38.8 Å². The van der Waals surface area contributed by atoms with Gasteiger partial charge in [0.1, 0.15) is 12.7 Å². The van der Waals surface area contributed by atoms with Crippen molar-refractivity contribution in [1.82, 2.24) is 4.90 Å². The number of benzene rings is 1. The molecule has 1 aromatic rings. The summed E-state index contributed by atoms with van der Waals surface area (Å²) in [6, 6.07) is 5.30. The van der Waals surface area contributed by atoms with Gasteiger partial charge in [-0.15, -0.1) is 0 Å². The molecule has 7 heteroatoms. The number of rotatable bonds is 4. The summed E-state index contributed by atoms with van der Waals surface area (Å²) >= 11 is 0. The van der Waals surface area contributed by atoms with Crippen LogP contribution in [0.2, 0.25) is 0 Å². The summed E-state index contributed by atoms with van der Waals surface area (Å²) in [5.74, 6) is -0.236. The van der Waals surface area contributed by atoms with Gasteiger partial charge in [-0.05, 0) is 18.6 Å². The van der Waals surface area contributed by atoms with Gasteiger partial charge in [0.25, 0.3) is 0 Å². The molecule has 122 valence electrons. The average molecular weight is 317 g/mol. The first kappa shape index (κ1) is 16.8. The van der Waals surface area contributed by atoms with Gasteiger partial charge in [-0.3, -0.25) is 4.79 Å². The van der Waals surface area contributed by atoms with Crippen molar-refractivity contribution in [3.8, 4) is 0 Å². The Hall–Kier alpha value is -1.60. The van der Waals surface area contributed by atoms with Crippen LogP contribution in [0, 0.1) is 0 Å². The molecule has 0 aromatic heterocycles. The van der Waals surface area contributed by atoms with E-state index in [0.29, 0.717) is 13.2 Å². The molecule has 1 amide bonds. The molecule has 1 aliphatic heterocycles. The lowest BCUT2D eigenvalue weighted by Gasteiger charge is -2.34. The van der Waals surface area contributed by atoms with Crippen LogP contribution in [0.25, 0.3) is 0 Å². The van der Waals surface area contributed by atoms with Crippen LogP contribution in [0.15, 0.2) is 24.3 Å². The van der Waals surface area contributed by atoms with Crippen molar-refractivity contribution >= 4 is 5.91 Å². The van der Waals surface area contributed by atoms with Crippen molar-refractivity contribution in [2.45, 2.75) is 19.2 Å². The fraction of sp³-hybridized carbons (Fsp3) is 0.533. The van der Waals surface area contributed by atoms with E-state index in [2.05, 4.69) is 0 Å². The number of hydrogen-bond acceptors (Lipinski definition) is 3. The summed E-state index contributed by atoms with van der Waals surface area (Å²) < 4.78 is 49.7. The van der Waals surface area contributed by atoms with Gasteiger partial charge in [0.15, 0.2) is 0 Å². The van der Waals surface area contributed by atoms with Gasteiger partial charge in [-0.25, -0.2) is 0 Å². The van der Waals surface area contributed by atoms with Crippen molar-refractivity contribution in [3.63, 3.8) is 0 Å². The summed E-state index contributed by atoms with van der Waals surface area (Å²) in [5.41, 5.74) is -0.664. The number of amides is 1. The van der Waals surface area contributed by atoms with E-state index in [-0.39, 0.29) is 31.2 Å². The molecule has 0 N–H and O–H groups in total. The molecular weight excluding hydrogens is 299 g/mol. The average Bonchev–Trinajstić information content (AvgIpc) is 2.52. The Morgan fingerprint density at radius 2 is 2.14 bits per heavy atom. The number of morpholine rings is 1. The van der Waals surface area contributed by atoms with E-state index in [0.717, 1.165) is 6.07 Å². The third-order valence-corrected chi connectivity index (χ3v) is 3.46. The molecule has 1 saturated heterocycles. The third-order valence-electron chi connectivity index (χ3n) is 3.46. The fourth-order valence-corrected chi connectivity index (χ4v) is 2.38. The third kappa shape index (κ3) is 3.98. The summed E-state index contributed by atoms with van der Waals surface area (Å²) in [6.45, 7) is 2.78. The molecule has 0 saturated carbocycles. The molecule has 22 heavy (non-hydrogen) atoms. The van der Waals surface area contributed by atoms with Gasteiger partial charge in [0.2, 0.25) is 5.91 Å². The van der Waals surface area contributed by atoms with Crippen LogP contribution in [0.5, 0.6) is 0 Å². The Morgan fingerprint density at radius 3 is 2.82 bits per heavy atom. The minimum Gasteiger partial charge on any atom is -0.372 e. The molecule has 0 unspecified atom stereocenters. The van der Waals surface area contributed by atoms with Gasteiger partial charge < -0.3 is 14.4 Å². The molecule has 0 radical (unpaired) electrons. The zero-order chi connectivity index (χ0) is 16.2. The highest BCUT2D eigenvalue weighted by Gasteiger charge is 2.36. The number of carbonyl (C=O) groups excluding carboxylic acids is 1. The zero-order valence-electron chi connectivity index (χ0n) is 12.2. The van der Waals surface area contributed by atoms with Crippen molar-refractivity contribution in [3.05, 3.63) is 35.4 Å². The molecule has 2 rings (SSSR count). The van der Waals surface area contributed by atoms with Crippen molar-refractivity contribution < 1.29 is 27.4 Å². The highest BCUT2D eigenvalue weighted by atomic mass is 19.4. The maximum Gasteiger partial charge on any atom is 0.416 e. The smallest absolute Gasteiger partial charge is 0.372 e. The summed E-state index contributed by atoms with van der Waals surface area (Å²) in [5, 5.41) is 0. The van der Waals surface area contributed by atoms with Crippen LogP contribution in [0.3, 0.4) is 0 Å². The summed E-state index contributed by atoms with van der Waals surface area (Å²) in [4.78, 5) is 13.4. The van der Waals surface area contributed by atoms with E-state index in [1.54, 1.807) is 6.92 Å². The highest BCUT2D eigenvalue weighted by Crippen LogP contribution is 2.36. The number of nitrogens with zero attached hydrogens (tertiary/aromatic N) is 1. The molecule has 1 heterocycles. The van der Waals surface area contributed by atoms with E-state index in [1.807, 2.05) is 0 Å². The lowest BCUT2D eigenvalue weighted by Crippen LogP contribution is -2.44. The van der Waals surface area contributed by atoms with Crippen LogP contribution >= 0.6 is 0 Å². The van der Waals surface area contributed by atoms with Gasteiger partial charge in [-0.2, -0.15) is 13.2 Å². The standard InChI is InChI=1S/C15H18F3NO3/c1-2-21-10-14(20)19-7-8-22-13(9-19)11-5-3-4-6-12(11)15(16,17)18/h3-6,13H,2,7-10H2,1H3/t13-/m1/s1. The van der Waals surface area contributed by atoms with Gasteiger partial charge in [-0.1, -0.05) is 18.2 Å². The Balaban J connectivity index is 2.15. The first-order chi connectivity index (χ1) is 10.4. The zero-order valence-corrected chi connectivity index (χ0v) is 12.2. The monoisotopic (exact) mass is 317 g/mol. The number of carbonyl (C=O) groups is 1.